The van der Waals surface area contributed by atoms with Gasteiger partial charge in [0.1, 0.15) is 11.6 Å². The molecule has 2 N–H and O–H groups in total. The molecule has 0 bridgehead atoms. The molecule has 4 nitrogen and oxygen atoms in total. The molecule has 0 aromatic carbocycles. The Morgan fingerprint density at radius 3 is 2.56 bits per heavy atom. The summed E-state index contributed by atoms with van der Waals surface area (Å²) in [4.78, 5) is 8.64. The molecule has 0 atom stereocenters. The van der Waals surface area contributed by atoms with Gasteiger partial charge in [-0.05, 0) is 13.3 Å². The Labute approximate surface area is 97.2 Å². The van der Waals surface area contributed by atoms with Crippen molar-refractivity contribution in [2.75, 3.05) is 12.3 Å². The van der Waals surface area contributed by atoms with Gasteiger partial charge in [-0.25, -0.2) is 4.98 Å². The first-order valence-corrected chi connectivity index (χ1v) is 5.83. The molecule has 0 aliphatic carbocycles. The first kappa shape index (κ1) is 12.7. The van der Waals surface area contributed by atoms with Crippen LogP contribution in [0.25, 0.3) is 0 Å². The Hall–Kier alpha value is -1.32. The molecule has 0 saturated carbocycles. The molecular weight excluding hydrogens is 202 g/mol. The van der Waals surface area contributed by atoms with Gasteiger partial charge in [0.15, 0.2) is 0 Å². The Bertz CT molecular complexity index is 350. The van der Waals surface area contributed by atoms with Gasteiger partial charge >= 0.3 is 0 Å². The highest BCUT2D eigenvalue weighted by Gasteiger charge is 2.11. The maximum atomic E-state index is 5.83. The fraction of sp³-hybridized carbons (Fsp3) is 0.667. The molecule has 1 aromatic heterocycles. The van der Waals surface area contributed by atoms with Crippen LogP contribution in [0.1, 0.15) is 50.9 Å². The maximum Gasteiger partial charge on any atom is 0.221 e. The molecule has 1 heterocycles. The van der Waals surface area contributed by atoms with E-state index in [2.05, 4.69) is 16.9 Å². The lowest BCUT2D eigenvalue weighted by Crippen LogP contribution is -2.08. The fourth-order valence-electron chi connectivity index (χ4n) is 1.24. The highest BCUT2D eigenvalue weighted by molar-refractivity contribution is 5.44. The quantitative estimate of drug-likeness (QED) is 0.779. The van der Waals surface area contributed by atoms with Crippen molar-refractivity contribution in [2.45, 2.75) is 46.5 Å². The predicted molar refractivity (Wildman–Crippen MR) is 65.7 cm³/mol. The average molecular weight is 223 g/mol. The van der Waals surface area contributed by atoms with Gasteiger partial charge in [-0.3, -0.25) is 0 Å². The van der Waals surface area contributed by atoms with Crippen LogP contribution in [-0.4, -0.2) is 16.6 Å². The van der Waals surface area contributed by atoms with E-state index < -0.39 is 0 Å². The van der Waals surface area contributed by atoms with Crippen molar-refractivity contribution in [1.82, 2.24) is 9.97 Å². The number of aromatic nitrogens is 2. The zero-order valence-corrected chi connectivity index (χ0v) is 10.6. The van der Waals surface area contributed by atoms with E-state index in [1.165, 1.54) is 0 Å². The molecule has 0 aliphatic rings. The first-order chi connectivity index (χ1) is 7.56. The molecule has 1 rings (SSSR count). The van der Waals surface area contributed by atoms with Crippen molar-refractivity contribution in [3.63, 3.8) is 0 Å². The normalized spacial score (nSPS) is 10.8. The van der Waals surface area contributed by atoms with Gasteiger partial charge < -0.3 is 10.5 Å². The molecule has 0 aliphatic heterocycles. The smallest absolute Gasteiger partial charge is 0.221 e. The van der Waals surface area contributed by atoms with Crippen LogP contribution in [0, 0.1) is 6.92 Å². The van der Waals surface area contributed by atoms with E-state index >= 15 is 0 Å². The van der Waals surface area contributed by atoms with E-state index in [1.54, 1.807) is 0 Å². The second-order valence-electron chi connectivity index (χ2n) is 4.25. The summed E-state index contributed by atoms with van der Waals surface area (Å²) in [6.45, 7) is 8.79. The third-order valence-electron chi connectivity index (χ3n) is 2.41. The maximum absolute atomic E-state index is 5.83. The lowest BCUT2D eigenvalue weighted by molar-refractivity contribution is 0.294. The van der Waals surface area contributed by atoms with Gasteiger partial charge in [0, 0.05) is 5.92 Å². The molecule has 0 radical (unpaired) electrons. The third kappa shape index (κ3) is 3.08. The van der Waals surface area contributed by atoms with Crippen LogP contribution in [0.5, 0.6) is 5.88 Å². The van der Waals surface area contributed by atoms with Crippen LogP contribution < -0.4 is 10.5 Å². The molecule has 0 amide bonds. The minimum absolute atomic E-state index is 0.261. The van der Waals surface area contributed by atoms with Crippen LogP contribution in [0.15, 0.2) is 0 Å². The Morgan fingerprint density at radius 2 is 2.00 bits per heavy atom. The molecule has 1 aromatic rings. The van der Waals surface area contributed by atoms with E-state index in [1.807, 2.05) is 20.8 Å². The summed E-state index contributed by atoms with van der Waals surface area (Å²) in [5.74, 6) is 2.15. The van der Waals surface area contributed by atoms with Crippen LogP contribution in [0.4, 0.5) is 5.82 Å². The number of hydrogen-bond donors (Lipinski definition) is 1. The van der Waals surface area contributed by atoms with E-state index in [-0.39, 0.29) is 5.92 Å². The van der Waals surface area contributed by atoms with E-state index in [0.717, 1.165) is 24.2 Å². The van der Waals surface area contributed by atoms with Crippen LogP contribution >= 0.6 is 0 Å². The minimum Gasteiger partial charge on any atom is -0.477 e. The van der Waals surface area contributed by atoms with Crippen LogP contribution in [-0.2, 0) is 0 Å². The average Bonchev–Trinajstić information content (AvgIpc) is 2.24. The topological polar surface area (TPSA) is 61.0 Å². The summed E-state index contributed by atoms with van der Waals surface area (Å²) in [7, 11) is 0. The SMILES string of the molecule is CCCCOc1nc(C(C)C)nc(N)c1C. The van der Waals surface area contributed by atoms with Gasteiger partial charge in [0.05, 0.1) is 12.2 Å². The zero-order chi connectivity index (χ0) is 12.1. The largest absolute Gasteiger partial charge is 0.477 e. The summed E-state index contributed by atoms with van der Waals surface area (Å²) in [6.07, 6.45) is 2.14. The second kappa shape index (κ2) is 5.68. The van der Waals surface area contributed by atoms with Crippen molar-refractivity contribution < 1.29 is 4.74 Å². The number of nitrogen functional groups attached to an aromatic ring is 1. The molecule has 0 unspecified atom stereocenters. The Kier molecular flexibility index (Phi) is 4.52. The molecule has 0 fully saturated rings. The summed E-state index contributed by atoms with van der Waals surface area (Å²) in [6, 6.07) is 0. The highest BCUT2D eigenvalue weighted by Crippen LogP contribution is 2.22. The Balaban J connectivity index is 2.88. The summed E-state index contributed by atoms with van der Waals surface area (Å²) >= 11 is 0. The summed E-state index contributed by atoms with van der Waals surface area (Å²) < 4.78 is 5.62. The van der Waals surface area contributed by atoms with Crippen molar-refractivity contribution in [3.05, 3.63) is 11.4 Å². The lowest BCUT2D eigenvalue weighted by Gasteiger charge is -2.12. The van der Waals surface area contributed by atoms with E-state index in [9.17, 15) is 0 Å². The first-order valence-electron chi connectivity index (χ1n) is 5.83. The fourth-order valence-corrected chi connectivity index (χ4v) is 1.24. The molecule has 0 saturated heterocycles. The number of rotatable bonds is 5. The molecular formula is C12H21N3O. The number of unbranched alkanes of at least 4 members (excludes halogenated alkanes) is 1. The minimum atomic E-state index is 0.261. The van der Waals surface area contributed by atoms with Gasteiger partial charge in [-0.15, -0.1) is 0 Å². The number of ether oxygens (including phenoxy) is 1. The number of hydrogen-bond acceptors (Lipinski definition) is 4. The van der Waals surface area contributed by atoms with E-state index in [4.69, 9.17) is 10.5 Å². The monoisotopic (exact) mass is 223 g/mol. The standard InChI is InChI=1S/C12H21N3O/c1-5-6-7-16-12-9(4)10(13)14-11(15-12)8(2)3/h8H,5-7H2,1-4H3,(H2,13,14,15). The predicted octanol–water partition coefficient (Wildman–Crippen LogP) is 2.67. The second-order valence-corrected chi connectivity index (χ2v) is 4.25. The summed E-state index contributed by atoms with van der Waals surface area (Å²) in [5.41, 5.74) is 6.67. The van der Waals surface area contributed by atoms with Crippen molar-refractivity contribution in [2.24, 2.45) is 0 Å². The van der Waals surface area contributed by atoms with Crippen molar-refractivity contribution in [3.8, 4) is 5.88 Å². The van der Waals surface area contributed by atoms with Gasteiger partial charge in [-0.2, -0.15) is 4.98 Å². The number of anilines is 1. The summed E-state index contributed by atoms with van der Waals surface area (Å²) in [5, 5.41) is 0. The van der Waals surface area contributed by atoms with Gasteiger partial charge in [0.25, 0.3) is 0 Å². The van der Waals surface area contributed by atoms with Gasteiger partial charge in [0.2, 0.25) is 5.88 Å². The van der Waals surface area contributed by atoms with Crippen LogP contribution in [0.3, 0.4) is 0 Å². The lowest BCUT2D eigenvalue weighted by atomic mass is 10.2. The van der Waals surface area contributed by atoms with Crippen molar-refractivity contribution in [1.29, 1.82) is 0 Å². The van der Waals surface area contributed by atoms with Crippen molar-refractivity contribution >= 4 is 5.82 Å². The number of nitrogens with two attached hydrogens (primary N) is 1. The van der Waals surface area contributed by atoms with Crippen LogP contribution in [0.2, 0.25) is 0 Å². The molecule has 0 spiro atoms. The Morgan fingerprint density at radius 1 is 1.31 bits per heavy atom. The zero-order valence-electron chi connectivity index (χ0n) is 10.6. The molecule has 90 valence electrons. The number of nitrogens with zero attached hydrogens (tertiary/aromatic N) is 2. The van der Waals surface area contributed by atoms with Gasteiger partial charge in [-0.1, -0.05) is 27.2 Å². The highest BCUT2D eigenvalue weighted by atomic mass is 16.5. The third-order valence-corrected chi connectivity index (χ3v) is 2.41. The molecule has 16 heavy (non-hydrogen) atoms. The molecule has 4 heteroatoms. The van der Waals surface area contributed by atoms with E-state index in [0.29, 0.717) is 18.3 Å².